The van der Waals surface area contributed by atoms with Gasteiger partial charge in [0.25, 0.3) is 5.91 Å². The first kappa shape index (κ1) is 15.2. The number of hydrogen-bond acceptors (Lipinski definition) is 3. The summed E-state index contributed by atoms with van der Waals surface area (Å²) in [4.78, 5) is 23.7. The molecule has 0 unspecified atom stereocenters. The third-order valence-electron chi connectivity index (χ3n) is 3.69. The molecule has 0 aromatic carbocycles. The monoisotopic (exact) mass is 265 g/mol. The second-order valence-corrected chi connectivity index (χ2v) is 10.9. The zero-order valence-corrected chi connectivity index (χ0v) is 12.7. The highest BCUT2D eigenvalue weighted by molar-refractivity contribution is 6.74. The summed E-state index contributed by atoms with van der Waals surface area (Å²) in [6, 6.07) is -0.371. The van der Waals surface area contributed by atoms with Gasteiger partial charge in [0, 0.05) is 6.08 Å². The largest absolute Gasteiger partial charge is 0.414 e. The van der Waals surface area contributed by atoms with E-state index >= 15 is 0 Å². The van der Waals surface area contributed by atoms with E-state index in [4.69, 9.17) is 12.3 Å². The molecule has 0 aliphatic carbocycles. The lowest BCUT2D eigenvalue weighted by atomic mass is 10.1. The van der Waals surface area contributed by atoms with Gasteiger partial charge in [-0.15, -0.1) is 0 Å². The van der Waals surface area contributed by atoms with E-state index in [1.807, 2.05) is 0 Å². The molecule has 0 aromatic heterocycles. The molecule has 4 nitrogen and oxygen atoms in total. The maximum absolute atomic E-state index is 11.4. The van der Waals surface area contributed by atoms with Crippen molar-refractivity contribution in [2.24, 2.45) is 0 Å². The molecule has 0 N–H and O–H groups in total. The molecule has 6 heteroatoms. The Morgan fingerprint density at radius 2 is 2.06 bits per heavy atom. The molecule has 1 heterocycles. The van der Waals surface area contributed by atoms with Gasteiger partial charge in [0.2, 0.25) is 7.85 Å². The molecule has 1 rings (SSSR count). The molecule has 1 atom stereocenters. The minimum atomic E-state index is -1.88. The summed E-state index contributed by atoms with van der Waals surface area (Å²) < 4.78 is 5.99. The average Bonchev–Trinajstić information content (AvgIpc) is 2.55. The summed E-state index contributed by atoms with van der Waals surface area (Å²) in [6.45, 7) is 11.0. The smallest absolute Gasteiger partial charge is 0.252 e. The molecule has 0 fully saturated rings. The lowest BCUT2D eigenvalue weighted by Gasteiger charge is -2.37. The predicted octanol–water partition coefficient (Wildman–Crippen LogP) is 2.06. The van der Waals surface area contributed by atoms with E-state index < -0.39 is 14.1 Å². The molecule has 0 spiro atoms. The zero-order valence-electron chi connectivity index (χ0n) is 11.7. The lowest BCUT2D eigenvalue weighted by Crippen LogP contribution is -2.46. The number of carbonyl (C=O) groups excluding carboxylic acids is 2. The molecule has 98 valence electrons. The van der Waals surface area contributed by atoms with Gasteiger partial charge in [0.1, 0.15) is 0 Å². The van der Waals surface area contributed by atoms with Crippen molar-refractivity contribution in [3.05, 3.63) is 12.2 Å². The van der Waals surface area contributed by atoms with E-state index in [2.05, 4.69) is 33.9 Å². The van der Waals surface area contributed by atoms with Crippen molar-refractivity contribution in [1.82, 2.24) is 4.90 Å². The highest BCUT2D eigenvalue weighted by atomic mass is 28.4. The number of nitrogens with zero attached hydrogens (tertiary/aromatic N) is 1. The van der Waals surface area contributed by atoms with E-state index in [0.29, 0.717) is 6.61 Å². The van der Waals surface area contributed by atoms with Crippen LogP contribution in [0.15, 0.2) is 12.2 Å². The van der Waals surface area contributed by atoms with Crippen LogP contribution >= 0.6 is 0 Å². The molecule has 2 amide bonds. The van der Waals surface area contributed by atoms with Crippen molar-refractivity contribution in [3.8, 4) is 0 Å². The van der Waals surface area contributed by atoms with Crippen LogP contribution in [-0.2, 0) is 9.22 Å². The summed E-state index contributed by atoms with van der Waals surface area (Å²) in [7, 11) is 3.30. The van der Waals surface area contributed by atoms with Gasteiger partial charge in [0.15, 0.2) is 14.1 Å². The first-order valence-corrected chi connectivity index (χ1v) is 8.92. The molecule has 0 aromatic rings. The Labute approximate surface area is 111 Å². The second kappa shape index (κ2) is 5.01. The molecule has 1 aliphatic heterocycles. The number of rotatable bonds is 3. The standard InChI is InChI=1S/C12H20BNO3Si/c1-12(2,3)18(4,5)17-8-9-6-7-10(15)14(9)11(13)16/h6-7,9H,8H2,1-5H3/t9-/m0/s1. The molecule has 1 aliphatic rings. The fourth-order valence-corrected chi connectivity index (χ4v) is 2.46. The summed E-state index contributed by atoms with van der Waals surface area (Å²) in [5.41, 5.74) is 0. The first-order chi connectivity index (χ1) is 8.06. The first-order valence-electron chi connectivity index (χ1n) is 6.01. The van der Waals surface area contributed by atoms with Gasteiger partial charge >= 0.3 is 0 Å². The van der Waals surface area contributed by atoms with Crippen molar-refractivity contribution in [3.63, 3.8) is 0 Å². The van der Waals surface area contributed by atoms with Gasteiger partial charge in [-0.25, -0.2) is 0 Å². The summed E-state index contributed by atoms with van der Waals surface area (Å²) in [5.74, 6) is -1.10. The van der Waals surface area contributed by atoms with Crippen LogP contribution in [0.25, 0.3) is 0 Å². The summed E-state index contributed by atoms with van der Waals surface area (Å²) in [6.07, 6.45) is 3.03. The van der Waals surface area contributed by atoms with Crippen LogP contribution < -0.4 is 0 Å². The van der Waals surface area contributed by atoms with Gasteiger partial charge in [-0.05, 0) is 18.1 Å². The lowest BCUT2D eigenvalue weighted by molar-refractivity contribution is -0.123. The molecular weight excluding hydrogens is 245 g/mol. The topological polar surface area (TPSA) is 46.6 Å². The van der Waals surface area contributed by atoms with Crippen molar-refractivity contribution in [2.75, 3.05) is 6.61 Å². The van der Waals surface area contributed by atoms with Gasteiger partial charge in [0.05, 0.1) is 12.6 Å². The molecule has 0 saturated carbocycles. The minimum Gasteiger partial charge on any atom is -0.414 e. The summed E-state index contributed by atoms with van der Waals surface area (Å²) >= 11 is 0. The number of hydrogen-bond donors (Lipinski definition) is 0. The molecule has 18 heavy (non-hydrogen) atoms. The van der Waals surface area contributed by atoms with Crippen LogP contribution in [0.5, 0.6) is 0 Å². The maximum Gasteiger partial charge on any atom is 0.252 e. The van der Waals surface area contributed by atoms with Crippen molar-refractivity contribution in [2.45, 2.75) is 44.9 Å². The highest BCUT2D eigenvalue weighted by Crippen LogP contribution is 2.36. The molecule has 0 bridgehead atoms. The number of imide groups is 1. The van der Waals surface area contributed by atoms with Crippen LogP contribution in [0.2, 0.25) is 18.1 Å². The van der Waals surface area contributed by atoms with Gasteiger partial charge in [-0.3, -0.25) is 14.5 Å². The van der Waals surface area contributed by atoms with Crippen molar-refractivity contribution in [1.29, 1.82) is 0 Å². The van der Waals surface area contributed by atoms with Crippen LogP contribution in [0, 0.1) is 0 Å². The van der Waals surface area contributed by atoms with Crippen LogP contribution in [0.1, 0.15) is 20.8 Å². The van der Waals surface area contributed by atoms with Crippen LogP contribution in [-0.4, -0.2) is 45.4 Å². The van der Waals surface area contributed by atoms with E-state index in [-0.39, 0.29) is 17.0 Å². The van der Waals surface area contributed by atoms with E-state index in [1.165, 1.54) is 6.08 Å². The quantitative estimate of drug-likeness (QED) is 0.734. The molecular formula is C12H20BNO3Si. The third kappa shape index (κ3) is 3.11. The highest BCUT2D eigenvalue weighted by Gasteiger charge is 2.39. The van der Waals surface area contributed by atoms with Gasteiger partial charge in [-0.1, -0.05) is 26.8 Å². The van der Waals surface area contributed by atoms with E-state index in [1.54, 1.807) is 6.08 Å². The maximum atomic E-state index is 11.4. The number of amides is 2. The Morgan fingerprint density at radius 3 is 2.50 bits per heavy atom. The Kier molecular flexibility index (Phi) is 4.23. The number of carbonyl (C=O) groups is 2. The Morgan fingerprint density at radius 1 is 1.50 bits per heavy atom. The predicted molar refractivity (Wildman–Crippen MR) is 74.1 cm³/mol. The van der Waals surface area contributed by atoms with E-state index in [9.17, 15) is 9.59 Å². The third-order valence-corrected chi connectivity index (χ3v) is 8.19. The fraction of sp³-hybridized carbons (Fsp3) is 0.667. The normalized spacial score (nSPS) is 20.6. The average molecular weight is 265 g/mol. The van der Waals surface area contributed by atoms with Crippen LogP contribution in [0.3, 0.4) is 0 Å². The Hall–Kier alpha value is -0.878. The Balaban J connectivity index is 2.67. The van der Waals surface area contributed by atoms with E-state index in [0.717, 1.165) is 4.90 Å². The second-order valence-electron chi connectivity index (χ2n) is 6.04. The SMILES string of the molecule is [B]C(=O)N1C(=O)C=C[C@H]1CO[Si](C)(C)C(C)(C)C. The molecule has 0 saturated heterocycles. The zero-order chi connectivity index (χ0) is 14.1. The molecule has 2 radical (unpaired) electrons. The van der Waals surface area contributed by atoms with Gasteiger partial charge in [-0.2, -0.15) is 0 Å². The van der Waals surface area contributed by atoms with Crippen molar-refractivity contribution < 1.29 is 14.0 Å². The minimum absolute atomic E-state index is 0.0941. The Bertz CT molecular complexity index is 387. The fourth-order valence-electron chi connectivity index (χ4n) is 1.44. The summed E-state index contributed by atoms with van der Waals surface area (Å²) in [5, 5.41) is 0.0941. The van der Waals surface area contributed by atoms with Crippen LogP contribution in [0.4, 0.5) is 4.79 Å². The van der Waals surface area contributed by atoms with Crippen molar-refractivity contribution >= 4 is 27.9 Å². The van der Waals surface area contributed by atoms with Gasteiger partial charge < -0.3 is 4.43 Å².